The molecule has 0 bridgehead atoms. The van der Waals surface area contributed by atoms with Crippen LogP contribution in [-0.4, -0.2) is 41.5 Å². The Morgan fingerprint density at radius 3 is 2.81 bits per heavy atom. The van der Waals surface area contributed by atoms with E-state index in [-0.39, 0.29) is 24.0 Å². The van der Waals surface area contributed by atoms with Gasteiger partial charge in [0.2, 0.25) is 0 Å². The van der Waals surface area contributed by atoms with Crippen molar-refractivity contribution in [1.82, 2.24) is 20.5 Å². The highest BCUT2D eigenvalue weighted by Gasteiger charge is 2.24. The van der Waals surface area contributed by atoms with Crippen molar-refractivity contribution in [1.29, 1.82) is 0 Å². The summed E-state index contributed by atoms with van der Waals surface area (Å²) in [6.45, 7) is 8.82. The van der Waals surface area contributed by atoms with Crippen LogP contribution in [0.25, 0.3) is 0 Å². The number of hydrogen-bond acceptors (Lipinski definition) is 4. The third kappa shape index (κ3) is 7.04. The van der Waals surface area contributed by atoms with Gasteiger partial charge in [0, 0.05) is 36.8 Å². The van der Waals surface area contributed by atoms with Gasteiger partial charge in [0.25, 0.3) is 0 Å². The normalized spacial score (nSPS) is 17.6. The molecule has 5 nitrogen and oxygen atoms in total. The molecule has 1 aromatic heterocycles. The van der Waals surface area contributed by atoms with E-state index in [1.165, 1.54) is 29.8 Å². The number of aromatic nitrogens is 1. The average Bonchev–Trinajstić information content (AvgIpc) is 3.27. The molecule has 1 aliphatic heterocycles. The molecule has 0 aliphatic carbocycles. The van der Waals surface area contributed by atoms with Crippen LogP contribution in [0.2, 0.25) is 0 Å². The highest BCUT2D eigenvalue weighted by Crippen LogP contribution is 2.19. The maximum atomic E-state index is 4.71. The maximum absolute atomic E-state index is 4.71. The summed E-state index contributed by atoms with van der Waals surface area (Å²) >= 11 is 1.71. The Morgan fingerprint density at radius 1 is 1.30 bits per heavy atom. The maximum Gasteiger partial charge on any atom is 0.191 e. The fourth-order valence-electron chi connectivity index (χ4n) is 3.34. The van der Waals surface area contributed by atoms with Gasteiger partial charge in [0.1, 0.15) is 0 Å². The molecule has 1 saturated heterocycles. The van der Waals surface area contributed by atoms with Gasteiger partial charge >= 0.3 is 0 Å². The summed E-state index contributed by atoms with van der Waals surface area (Å²) in [4.78, 5) is 12.8. The zero-order valence-corrected chi connectivity index (χ0v) is 19.3. The molecule has 1 atom stereocenters. The summed E-state index contributed by atoms with van der Waals surface area (Å²) in [6, 6.07) is 11.3. The summed E-state index contributed by atoms with van der Waals surface area (Å²) in [6.07, 6.45) is 4.44. The molecule has 3 rings (SSSR count). The SMILES string of the molecule is CCNC(=NCc1cnc(C)s1)NCC1CCCN1Cc1ccccc1.I. The molecule has 0 radical (unpaired) electrons. The lowest BCUT2D eigenvalue weighted by atomic mass is 10.2. The molecular weight excluding hydrogens is 469 g/mol. The highest BCUT2D eigenvalue weighted by molar-refractivity contribution is 14.0. The van der Waals surface area contributed by atoms with Gasteiger partial charge in [-0.15, -0.1) is 35.3 Å². The quantitative estimate of drug-likeness (QED) is 0.346. The number of hydrogen-bond donors (Lipinski definition) is 2. The van der Waals surface area contributed by atoms with Crippen molar-refractivity contribution in [3.8, 4) is 0 Å². The Hall–Kier alpha value is -1.19. The number of nitrogens with zero attached hydrogens (tertiary/aromatic N) is 3. The third-order valence-electron chi connectivity index (χ3n) is 4.64. The lowest BCUT2D eigenvalue weighted by Crippen LogP contribution is -2.44. The van der Waals surface area contributed by atoms with E-state index in [0.29, 0.717) is 12.6 Å². The molecule has 2 N–H and O–H groups in total. The van der Waals surface area contributed by atoms with E-state index in [0.717, 1.165) is 30.6 Å². The van der Waals surface area contributed by atoms with Crippen LogP contribution in [0.3, 0.4) is 0 Å². The van der Waals surface area contributed by atoms with Crippen LogP contribution in [-0.2, 0) is 13.1 Å². The molecule has 2 aromatic rings. The molecule has 0 saturated carbocycles. The van der Waals surface area contributed by atoms with Crippen LogP contribution < -0.4 is 10.6 Å². The van der Waals surface area contributed by atoms with Crippen molar-refractivity contribution in [2.45, 2.75) is 45.8 Å². The van der Waals surface area contributed by atoms with Crippen molar-refractivity contribution in [2.75, 3.05) is 19.6 Å². The van der Waals surface area contributed by atoms with Crippen LogP contribution in [0.4, 0.5) is 0 Å². The number of rotatable bonds is 7. The summed E-state index contributed by atoms with van der Waals surface area (Å²) in [5.41, 5.74) is 1.39. The minimum absolute atomic E-state index is 0. The van der Waals surface area contributed by atoms with Crippen molar-refractivity contribution in [2.24, 2.45) is 4.99 Å². The number of aliphatic imine (C=N–C) groups is 1. The lowest BCUT2D eigenvalue weighted by molar-refractivity contribution is 0.245. The molecule has 1 aromatic carbocycles. The van der Waals surface area contributed by atoms with Crippen molar-refractivity contribution < 1.29 is 0 Å². The highest BCUT2D eigenvalue weighted by atomic mass is 127. The minimum Gasteiger partial charge on any atom is -0.357 e. The number of halogens is 1. The first kappa shape index (κ1) is 22.1. The second-order valence-corrected chi connectivity index (χ2v) is 7.99. The minimum atomic E-state index is 0. The zero-order chi connectivity index (χ0) is 18.2. The molecule has 0 amide bonds. The zero-order valence-electron chi connectivity index (χ0n) is 16.1. The Bertz CT molecular complexity index is 703. The number of thiazole rings is 1. The molecule has 2 heterocycles. The molecule has 1 fully saturated rings. The fraction of sp³-hybridized carbons (Fsp3) is 0.500. The predicted octanol–water partition coefficient (Wildman–Crippen LogP) is 3.79. The van der Waals surface area contributed by atoms with Gasteiger partial charge in [-0.3, -0.25) is 4.90 Å². The van der Waals surface area contributed by atoms with Gasteiger partial charge in [-0.05, 0) is 38.8 Å². The van der Waals surface area contributed by atoms with E-state index in [1.807, 2.05) is 13.1 Å². The van der Waals surface area contributed by atoms with Crippen molar-refractivity contribution >= 4 is 41.3 Å². The van der Waals surface area contributed by atoms with Gasteiger partial charge in [-0.25, -0.2) is 9.98 Å². The summed E-state index contributed by atoms with van der Waals surface area (Å²) in [5.74, 6) is 0.894. The lowest BCUT2D eigenvalue weighted by Gasteiger charge is -2.25. The smallest absolute Gasteiger partial charge is 0.191 e. The van der Waals surface area contributed by atoms with Gasteiger partial charge < -0.3 is 10.6 Å². The predicted molar refractivity (Wildman–Crippen MR) is 125 cm³/mol. The number of likely N-dealkylation sites (tertiary alicyclic amines) is 1. The first-order valence-corrected chi connectivity index (χ1v) is 10.3. The molecule has 27 heavy (non-hydrogen) atoms. The summed E-state index contributed by atoms with van der Waals surface area (Å²) in [5, 5.41) is 7.98. The second-order valence-electron chi connectivity index (χ2n) is 6.67. The Labute approximate surface area is 183 Å². The van der Waals surface area contributed by atoms with Gasteiger partial charge in [-0.2, -0.15) is 0 Å². The number of guanidine groups is 1. The molecular formula is C20H30IN5S. The summed E-state index contributed by atoms with van der Waals surface area (Å²) in [7, 11) is 0. The molecule has 0 spiro atoms. The van der Waals surface area contributed by atoms with E-state index in [4.69, 9.17) is 4.99 Å². The standard InChI is InChI=1S/C20H29N5S.HI/c1-3-21-20(24-14-19-13-22-16(2)26-19)23-12-18-10-7-11-25(18)15-17-8-5-4-6-9-17;/h4-6,8-9,13,18H,3,7,10-12,14-15H2,1-2H3,(H2,21,23,24);1H. The van der Waals surface area contributed by atoms with Crippen LogP contribution in [0.5, 0.6) is 0 Å². The van der Waals surface area contributed by atoms with Crippen molar-refractivity contribution in [3.63, 3.8) is 0 Å². The fourth-order valence-corrected chi connectivity index (χ4v) is 4.06. The Morgan fingerprint density at radius 2 is 2.11 bits per heavy atom. The second kappa shape index (κ2) is 11.6. The van der Waals surface area contributed by atoms with E-state index >= 15 is 0 Å². The van der Waals surface area contributed by atoms with Crippen molar-refractivity contribution in [3.05, 3.63) is 52.0 Å². The first-order valence-electron chi connectivity index (χ1n) is 9.46. The molecule has 148 valence electrons. The topological polar surface area (TPSA) is 52.6 Å². The third-order valence-corrected chi connectivity index (χ3v) is 5.54. The Balaban J connectivity index is 0.00000261. The van der Waals surface area contributed by atoms with Crippen LogP contribution in [0, 0.1) is 6.92 Å². The van der Waals surface area contributed by atoms with E-state index < -0.39 is 0 Å². The van der Waals surface area contributed by atoms with E-state index in [2.05, 4.69) is 57.8 Å². The van der Waals surface area contributed by atoms with Gasteiger partial charge in [0.05, 0.1) is 11.6 Å². The molecule has 7 heteroatoms. The van der Waals surface area contributed by atoms with Gasteiger partial charge in [-0.1, -0.05) is 30.3 Å². The van der Waals surface area contributed by atoms with E-state index in [9.17, 15) is 0 Å². The van der Waals surface area contributed by atoms with Crippen LogP contribution in [0.15, 0.2) is 41.5 Å². The number of aryl methyl sites for hydroxylation is 1. The molecule has 1 aliphatic rings. The number of nitrogens with one attached hydrogen (secondary N) is 2. The molecule has 1 unspecified atom stereocenters. The summed E-state index contributed by atoms with van der Waals surface area (Å²) < 4.78 is 0. The first-order chi connectivity index (χ1) is 12.7. The van der Waals surface area contributed by atoms with Crippen LogP contribution >= 0.6 is 35.3 Å². The van der Waals surface area contributed by atoms with E-state index in [1.54, 1.807) is 11.3 Å². The van der Waals surface area contributed by atoms with Crippen LogP contribution in [0.1, 0.15) is 35.2 Å². The largest absolute Gasteiger partial charge is 0.357 e. The Kier molecular flexibility index (Phi) is 9.50. The number of benzene rings is 1. The monoisotopic (exact) mass is 499 g/mol. The van der Waals surface area contributed by atoms with Gasteiger partial charge in [0.15, 0.2) is 5.96 Å². The average molecular weight is 499 g/mol.